The Bertz CT molecular complexity index is 930. The molecule has 0 radical (unpaired) electrons. The number of nitrogens with zero attached hydrogens (tertiary/aromatic N) is 4. The topological polar surface area (TPSA) is 85.6 Å². The van der Waals surface area contributed by atoms with Gasteiger partial charge in [-0.15, -0.1) is 11.3 Å². The van der Waals surface area contributed by atoms with Crippen LogP contribution in [0.4, 0.5) is 0 Å². The lowest BCUT2D eigenvalue weighted by molar-refractivity contribution is 0.606. The fraction of sp³-hybridized carbons (Fsp3) is 0.385. The quantitative estimate of drug-likeness (QED) is 0.773. The molecular formula is C13H15N5O2S. The first-order valence-electron chi connectivity index (χ1n) is 6.55. The SMILES string of the molecule is Cc1nc(C)c(CCn2c(=O)c3[nH]ncc3n(C)c2=O)s1. The number of rotatable bonds is 3. The van der Waals surface area contributed by atoms with Crippen LogP contribution in [0, 0.1) is 13.8 Å². The number of fused-ring (bicyclic) bond motifs is 1. The lowest BCUT2D eigenvalue weighted by Gasteiger charge is -2.07. The number of aromatic amines is 1. The Morgan fingerprint density at radius 1 is 1.33 bits per heavy atom. The van der Waals surface area contributed by atoms with Crippen LogP contribution in [0.2, 0.25) is 0 Å². The smallest absolute Gasteiger partial charge is 0.293 e. The molecule has 3 aromatic rings. The van der Waals surface area contributed by atoms with E-state index in [0.29, 0.717) is 24.0 Å². The Morgan fingerprint density at radius 2 is 2.10 bits per heavy atom. The largest absolute Gasteiger partial charge is 0.331 e. The van der Waals surface area contributed by atoms with E-state index in [1.807, 2.05) is 13.8 Å². The summed E-state index contributed by atoms with van der Waals surface area (Å²) in [6.07, 6.45) is 2.10. The molecule has 1 N–H and O–H groups in total. The minimum absolute atomic E-state index is 0.326. The van der Waals surface area contributed by atoms with Crippen molar-refractivity contribution in [2.24, 2.45) is 7.05 Å². The molecule has 0 fully saturated rings. The van der Waals surface area contributed by atoms with Crippen LogP contribution in [-0.4, -0.2) is 24.3 Å². The predicted octanol–water partition coefficient (Wildman–Crippen LogP) is 0.739. The lowest BCUT2D eigenvalue weighted by atomic mass is 10.3. The van der Waals surface area contributed by atoms with Gasteiger partial charge >= 0.3 is 5.69 Å². The molecule has 3 heterocycles. The summed E-state index contributed by atoms with van der Waals surface area (Å²) in [6, 6.07) is 0. The first-order chi connectivity index (χ1) is 9.99. The van der Waals surface area contributed by atoms with Crippen LogP contribution in [-0.2, 0) is 20.0 Å². The van der Waals surface area contributed by atoms with Crippen molar-refractivity contribution in [3.05, 3.63) is 42.6 Å². The molecule has 0 aliphatic rings. The van der Waals surface area contributed by atoms with Crippen molar-refractivity contribution in [1.29, 1.82) is 0 Å². The second-order valence-electron chi connectivity index (χ2n) is 4.92. The zero-order chi connectivity index (χ0) is 15.1. The van der Waals surface area contributed by atoms with Gasteiger partial charge in [-0.25, -0.2) is 9.78 Å². The van der Waals surface area contributed by atoms with E-state index in [1.54, 1.807) is 18.4 Å². The van der Waals surface area contributed by atoms with Crippen LogP contribution < -0.4 is 11.2 Å². The molecule has 0 aliphatic carbocycles. The molecule has 0 aromatic carbocycles. The molecule has 3 aromatic heterocycles. The third kappa shape index (κ3) is 2.21. The minimum atomic E-state index is -0.329. The molecule has 3 rings (SSSR count). The molecule has 0 saturated carbocycles. The van der Waals surface area contributed by atoms with Gasteiger partial charge in [0, 0.05) is 24.9 Å². The van der Waals surface area contributed by atoms with Crippen LogP contribution in [0.15, 0.2) is 15.8 Å². The summed E-state index contributed by atoms with van der Waals surface area (Å²) in [6.45, 7) is 4.23. The average molecular weight is 305 g/mol. The highest BCUT2D eigenvalue weighted by Crippen LogP contribution is 2.17. The third-order valence-corrected chi connectivity index (χ3v) is 4.65. The molecule has 0 saturated heterocycles. The third-order valence-electron chi connectivity index (χ3n) is 3.52. The molecule has 0 aliphatic heterocycles. The van der Waals surface area contributed by atoms with E-state index in [0.717, 1.165) is 15.6 Å². The zero-order valence-corrected chi connectivity index (χ0v) is 12.8. The highest BCUT2D eigenvalue weighted by atomic mass is 32.1. The summed E-state index contributed by atoms with van der Waals surface area (Å²) < 4.78 is 2.68. The van der Waals surface area contributed by atoms with Crippen molar-refractivity contribution in [3.63, 3.8) is 0 Å². The molecule has 21 heavy (non-hydrogen) atoms. The van der Waals surface area contributed by atoms with Gasteiger partial charge in [0.05, 0.1) is 22.4 Å². The van der Waals surface area contributed by atoms with Crippen molar-refractivity contribution in [2.75, 3.05) is 0 Å². The second kappa shape index (κ2) is 4.96. The van der Waals surface area contributed by atoms with Crippen molar-refractivity contribution >= 4 is 22.4 Å². The van der Waals surface area contributed by atoms with Gasteiger partial charge in [-0.05, 0) is 13.8 Å². The zero-order valence-electron chi connectivity index (χ0n) is 12.0. The second-order valence-corrected chi connectivity index (χ2v) is 6.21. The Labute approximate surface area is 123 Å². The highest BCUT2D eigenvalue weighted by Gasteiger charge is 2.13. The Kier molecular flexibility index (Phi) is 3.25. The first kappa shape index (κ1) is 13.7. The summed E-state index contributed by atoms with van der Waals surface area (Å²) in [5.74, 6) is 0. The van der Waals surface area contributed by atoms with E-state index in [-0.39, 0.29) is 11.2 Å². The van der Waals surface area contributed by atoms with Gasteiger partial charge in [-0.2, -0.15) is 5.10 Å². The Hall–Kier alpha value is -2.22. The van der Waals surface area contributed by atoms with Gasteiger partial charge in [0.1, 0.15) is 5.52 Å². The molecule has 0 amide bonds. The standard InChI is InChI=1S/C13H15N5O2S/c1-7-10(21-8(2)15-7)4-5-18-12(19)11-9(6-14-16-11)17(3)13(18)20/h6H,4-5H2,1-3H3,(H,14,16). The molecule has 110 valence electrons. The van der Waals surface area contributed by atoms with E-state index >= 15 is 0 Å². The van der Waals surface area contributed by atoms with Crippen LogP contribution in [0.5, 0.6) is 0 Å². The van der Waals surface area contributed by atoms with Gasteiger partial charge in [0.25, 0.3) is 5.56 Å². The summed E-state index contributed by atoms with van der Waals surface area (Å²) >= 11 is 1.60. The number of hydrogen-bond acceptors (Lipinski definition) is 5. The fourth-order valence-electron chi connectivity index (χ4n) is 2.41. The monoisotopic (exact) mass is 305 g/mol. The molecule has 8 heteroatoms. The summed E-state index contributed by atoms with van der Waals surface area (Å²) in [4.78, 5) is 30.1. The Balaban J connectivity index is 2.03. The fourth-order valence-corrected chi connectivity index (χ4v) is 3.34. The number of H-pyrrole nitrogens is 1. The summed E-state index contributed by atoms with van der Waals surface area (Å²) in [5.41, 5.74) is 1.18. The molecule has 0 spiro atoms. The Morgan fingerprint density at radius 3 is 2.76 bits per heavy atom. The molecular weight excluding hydrogens is 290 g/mol. The molecule has 0 atom stereocenters. The van der Waals surface area contributed by atoms with E-state index in [1.165, 1.54) is 15.3 Å². The number of hydrogen-bond donors (Lipinski definition) is 1. The average Bonchev–Trinajstić information content (AvgIpc) is 3.03. The van der Waals surface area contributed by atoms with Crippen LogP contribution in [0.1, 0.15) is 15.6 Å². The number of aryl methyl sites for hydroxylation is 4. The number of aromatic nitrogens is 5. The minimum Gasteiger partial charge on any atom is -0.293 e. The highest BCUT2D eigenvalue weighted by molar-refractivity contribution is 7.11. The first-order valence-corrected chi connectivity index (χ1v) is 7.36. The van der Waals surface area contributed by atoms with Crippen LogP contribution >= 0.6 is 11.3 Å². The van der Waals surface area contributed by atoms with E-state index in [2.05, 4.69) is 15.2 Å². The van der Waals surface area contributed by atoms with Gasteiger partial charge in [-0.1, -0.05) is 0 Å². The molecule has 0 bridgehead atoms. The van der Waals surface area contributed by atoms with E-state index in [4.69, 9.17) is 0 Å². The summed E-state index contributed by atoms with van der Waals surface area (Å²) in [7, 11) is 1.64. The van der Waals surface area contributed by atoms with Crippen molar-refractivity contribution in [1.82, 2.24) is 24.3 Å². The summed E-state index contributed by atoms with van der Waals surface area (Å²) in [5, 5.41) is 7.48. The molecule has 0 unspecified atom stereocenters. The molecule has 7 nitrogen and oxygen atoms in total. The van der Waals surface area contributed by atoms with Gasteiger partial charge < -0.3 is 0 Å². The van der Waals surface area contributed by atoms with E-state index < -0.39 is 0 Å². The van der Waals surface area contributed by atoms with Crippen LogP contribution in [0.25, 0.3) is 11.0 Å². The normalized spacial score (nSPS) is 11.4. The lowest BCUT2D eigenvalue weighted by Crippen LogP contribution is -2.39. The maximum absolute atomic E-state index is 12.3. The van der Waals surface area contributed by atoms with Crippen molar-refractivity contribution in [3.8, 4) is 0 Å². The number of nitrogens with one attached hydrogen (secondary N) is 1. The predicted molar refractivity (Wildman–Crippen MR) is 80.9 cm³/mol. The maximum Gasteiger partial charge on any atom is 0.331 e. The van der Waals surface area contributed by atoms with Crippen LogP contribution in [0.3, 0.4) is 0 Å². The van der Waals surface area contributed by atoms with Gasteiger partial charge in [0.15, 0.2) is 0 Å². The van der Waals surface area contributed by atoms with Gasteiger partial charge in [0.2, 0.25) is 0 Å². The van der Waals surface area contributed by atoms with Crippen molar-refractivity contribution in [2.45, 2.75) is 26.8 Å². The maximum atomic E-state index is 12.3. The van der Waals surface area contributed by atoms with Gasteiger partial charge in [-0.3, -0.25) is 19.0 Å². The number of thiazole rings is 1. The van der Waals surface area contributed by atoms with Crippen molar-refractivity contribution < 1.29 is 0 Å². The van der Waals surface area contributed by atoms with E-state index in [9.17, 15) is 9.59 Å².